The highest BCUT2D eigenvalue weighted by molar-refractivity contribution is 9.09. The molecular formula is C15H14BrNO2. The lowest BCUT2D eigenvalue weighted by atomic mass is 10.2. The van der Waals surface area contributed by atoms with E-state index in [2.05, 4.69) is 15.9 Å². The number of para-hydroxylation sites is 1. The molecule has 0 heterocycles. The second-order valence-electron chi connectivity index (χ2n) is 3.98. The summed E-state index contributed by atoms with van der Waals surface area (Å²) in [5.74, 6) is 0.607. The summed E-state index contributed by atoms with van der Waals surface area (Å²) in [6.45, 7) is 0. The van der Waals surface area contributed by atoms with Gasteiger partial charge < -0.3 is 9.64 Å². The van der Waals surface area contributed by atoms with Gasteiger partial charge in [-0.3, -0.25) is 4.79 Å². The van der Waals surface area contributed by atoms with Crippen molar-refractivity contribution >= 4 is 27.5 Å². The highest BCUT2D eigenvalue weighted by atomic mass is 79.9. The van der Waals surface area contributed by atoms with E-state index in [9.17, 15) is 4.79 Å². The fourth-order valence-electron chi connectivity index (χ4n) is 1.74. The molecule has 0 bridgehead atoms. The van der Waals surface area contributed by atoms with Crippen LogP contribution in [-0.2, 0) is 0 Å². The Hall–Kier alpha value is -1.81. The van der Waals surface area contributed by atoms with Crippen LogP contribution in [0.15, 0.2) is 54.6 Å². The number of rotatable bonds is 4. The highest BCUT2D eigenvalue weighted by Crippen LogP contribution is 2.18. The van der Waals surface area contributed by atoms with Gasteiger partial charge in [0.2, 0.25) is 0 Å². The van der Waals surface area contributed by atoms with E-state index in [-0.39, 0.29) is 5.91 Å². The van der Waals surface area contributed by atoms with Gasteiger partial charge in [-0.05, 0) is 46.3 Å². The molecule has 0 atom stereocenters. The molecule has 0 unspecified atom stereocenters. The Morgan fingerprint density at radius 1 is 1.16 bits per heavy atom. The lowest BCUT2D eigenvalue weighted by Gasteiger charge is -2.17. The summed E-state index contributed by atoms with van der Waals surface area (Å²) in [7, 11) is 1.76. The van der Waals surface area contributed by atoms with Gasteiger partial charge in [-0.15, -0.1) is 0 Å². The molecule has 0 fully saturated rings. The van der Waals surface area contributed by atoms with Crippen LogP contribution in [0.25, 0.3) is 0 Å². The molecular weight excluding hydrogens is 306 g/mol. The number of hydrogen-bond acceptors (Lipinski definition) is 2. The summed E-state index contributed by atoms with van der Waals surface area (Å²) >= 11 is 3.20. The second-order valence-corrected chi connectivity index (χ2v) is 4.44. The average molecular weight is 320 g/mol. The van der Waals surface area contributed by atoms with Gasteiger partial charge in [-0.25, -0.2) is 0 Å². The average Bonchev–Trinajstić information content (AvgIpc) is 2.47. The predicted octanol–water partition coefficient (Wildman–Crippen LogP) is 3.69. The van der Waals surface area contributed by atoms with Gasteiger partial charge in [0.05, 0.1) is 0 Å². The number of halogens is 1. The molecule has 0 aromatic heterocycles. The van der Waals surface area contributed by atoms with E-state index in [0.29, 0.717) is 16.8 Å². The molecule has 0 aliphatic rings. The smallest absolute Gasteiger partial charge is 0.258 e. The lowest BCUT2D eigenvalue weighted by molar-refractivity contribution is 0.0992. The first-order chi connectivity index (χ1) is 9.22. The van der Waals surface area contributed by atoms with E-state index < -0.39 is 0 Å². The Balaban J connectivity index is 2.22. The van der Waals surface area contributed by atoms with E-state index in [0.717, 1.165) is 5.69 Å². The minimum absolute atomic E-state index is 0.0637. The van der Waals surface area contributed by atoms with Gasteiger partial charge in [0.15, 0.2) is 0 Å². The van der Waals surface area contributed by atoms with Crippen molar-refractivity contribution in [2.75, 3.05) is 17.5 Å². The molecule has 2 rings (SSSR count). The monoisotopic (exact) mass is 319 g/mol. The SMILES string of the molecule is CN(C(=O)c1cccc(OCBr)c1)c1ccccc1. The number of nitrogens with zero attached hydrogens (tertiary/aromatic N) is 1. The standard InChI is InChI=1S/C15H14BrNO2/c1-17(13-7-3-2-4-8-13)15(18)12-6-5-9-14(10-12)19-11-16/h2-10H,11H2,1H3. The minimum atomic E-state index is -0.0637. The molecule has 0 saturated heterocycles. The fourth-order valence-corrected chi connectivity index (χ4v) is 2.01. The maximum absolute atomic E-state index is 12.4. The second kappa shape index (κ2) is 6.38. The zero-order valence-electron chi connectivity index (χ0n) is 10.5. The first-order valence-corrected chi connectivity index (χ1v) is 6.96. The first kappa shape index (κ1) is 13.6. The van der Waals surface area contributed by atoms with Gasteiger partial charge >= 0.3 is 0 Å². The zero-order chi connectivity index (χ0) is 13.7. The summed E-state index contributed by atoms with van der Waals surface area (Å²) in [4.78, 5) is 14.0. The van der Waals surface area contributed by atoms with Crippen LogP contribution in [0.2, 0.25) is 0 Å². The largest absolute Gasteiger partial charge is 0.482 e. The maximum atomic E-state index is 12.4. The molecule has 0 aliphatic carbocycles. The van der Waals surface area contributed by atoms with Crippen LogP contribution in [0.5, 0.6) is 5.75 Å². The zero-order valence-corrected chi connectivity index (χ0v) is 12.1. The Kier molecular flexibility index (Phi) is 4.58. The molecule has 4 heteroatoms. The Bertz CT molecular complexity index is 557. The molecule has 0 spiro atoms. The number of alkyl halides is 1. The van der Waals surface area contributed by atoms with Gasteiger partial charge in [-0.1, -0.05) is 24.3 Å². The van der Waals surface area contributed by atoms with Gasteiger partial charge in [0, 0.05) is 18.3 Å². The van der Waals surface area contributed by atoms with Crippen LogP contribution < -0.4 is 9.64 Å². The van der Waals surface area contributed by atoms with Crippen molar-refractivity contribution in [3.8, 4) is 5.75 Å². The van der Waals surface area contributed by atoms with Crippen molar-refractivity contribution in [3.63, 3.8) is 0 Å². The molecule has 1 amide bonds. The van der Waals surface area contributed by atoms with Gasteiger partial charge in [-0.2, -0.15) is 0 Å². The number of carbonyl (C=O) groups excluding carboxylic acids is 1. The summed E-state index contributed by atoms with van der Waals surface area (Å²) in [6.07, 6.45) is 0. The summed E-state index contributed by atoms with van der Waals surface area (Å²) in [5.41, 5.74) is 1.86. The number of carbonyl (C=O) groups is 1. The van der Waals surface area contributed by atoms with Gasteiger partial charge in [0.25, 0.3) is 5.91 Å². The number of benzene rings is 2. The topological polar surface area (TPSA) is 29.5 Å². The number of ether oxygens (including phenoxy) is 1. The van der Waals surface area contributed by atoms with Crippen molar-refractivity contribution in [2.45, 2.75) is 0 Å². The minimum Gasteiger partial charge on any atom is -0.482 e. The third kappa shape index (κ3) is 3.35. The number of amides is 1. The third-order valence-corrected chi connectivity index (χ3v) is 2.98. The lowest BCUT2D eigenvalue weighted by Crippen LogP contribution is -2.26. The molecule has 98 valence electrons. The van der Waals surface area contributed by atoms with E-state index in [4.69, 9.17) is 4.74 Å². The molecule has 0 saturated carbocycles. The van der Waals surface area contributed by atoms with E-state index in [1.165, 1.54) is 0 Å². The van der Waals surface area contributed by atoms with Gasteiger partial charge in [0.1, 0.15) is 11.3 Å². The number of anilines is 1. The van der Waals surface area contributed by atoms with E-state index >= 15 is 0 Å². The Morgan fingerprint density at radius 2 is 1.89 bits per heavy atom. The van der Waals surface area contributed by atoms with Crippen molar-refractivity contribution in [2.24, 2.45) is 0 Å². The highest BCUT2D eigenvalue weighted by Gasteiger charge is 2.13. The van der Waals surface area contributed by atoms with Crippen molar-refractivity contribution in [1.82, 2.24) is 0 Å². The molecule has 0 N–H and O–H groups in total. The van der Waals surface area contributed by atoms with Crippen molar-refractivity contribution in [3.05, 3.63) is 60.2 Å². The summed E-state index contributed by atoms with van der Waals surface area (Å²) < 4.78 is 5.33. The van der Waals surface area contributed by atoms with Crippen LogP contribution in [0, 0.1) is 0 Å². The van der Waals surface area contributed by atoms with Crippen LogP contribution in [-0.4, -0.2) is 18.5 Å². The first-order valence-electron chi connectivity index (χ1n) is 5.84. The molecule has 0 aliphatic heterocycles. The predicted molar refractivity (Wildman–Crippen MR) is 80.0 cm³/mol. The van der Waals surface area contributed by atoms with Crippen LogP contribution >= 0.6 is 15.9 Å². The molecule has 2 aromatic carbocycles. The molecule has 19 heavy (non-hydrogen) atoms. The third-order valence-electron chi connectivity index (χ3n) is 2.75. The van der Waals surface area contributed by atoms with E-state index in [1.54, 1.807) is 24.1 Å². The summed E-state index contributed by atoms with van der Waals surface area (Å²) in [6, 6.07) is 16.7. The molecule has 0 radical (unpaired) electrons. The normalized spacial score (nSPS) is 10.0. The van der Waals surface area contributed by atoms with Crippen LogP contribution in [0.4, 0.5) is 5.69 Å². The van der Waals surface area contributed by atoms with Crippen LogP contribution in [0.3, 0.4) is 0 Å². The molecule has 3 nitrogen and oxygen atoms in total. The van der Waals surface area contributed by atoms with Crippen molar-refractivity contribution < 1.29 is 9.53 Å². The Morgan fingerprint density at radius 3 is 2.58 bits per heavy atom. The van der Waals surface area contributed by atoms with E-state index in [1.807, 2.05) is 42.5 Å². The maximum Gasteiger partial charge on any atom is 0.258 e. The molecule has 2 aromatic rings. The quantitative estimate of drug-likeness (QED) is 0.804. The summed E-state index contributed by atoms with van der Waals surface area (Å²) in [5, 5.41) is 0. The Labute approximate surface area is 120 Å². The number of hydrogen-bond donors (Lipinski definition) is 0. The van der Waals surface area contributed by atoms with Crippen molar-refractivity contribution in [1.29, 1.82) is 0 Å². The van der Waals surface area contributed by atoms with Crippen LogP contribution in [0.1, 0.15) is 10.4 Å². The fraction of sp³-hybridized carbons (Fsp3) is 0.133.